The Morgan fingerprint density at radius 1 is 0.926 bits per heavy atom. The van der Waals surface area contributed by atoms with E-state index in [4.69, 9.17) is 0 Å². The number of carbonyl (C=O) groups is 1. The van der Waals surface area contributed by atoms with Gasteiger partial charge in [-0.15, -0.1) is 0 Å². The largest absolute Gasteiger partial charge is 0.333 e. The molecule has 134 valence electrons. The zero-order chi connectivity index (χ0) is 18.5. The molecule has 0 aliphatic carbocycles. The molecule has 0 saturated heterocycles. The van der Waals surface area contributed by atoms with Crippen LogP contribution in [0.2, 0.25) is 0 Å². The molecule has 0 spiro atoms. The van der Waals surface area contributed by atoms with E-state index in [-0.39, 0.29) is 5.91 Å². The van der Waals surface area contributed by atoms with Crippen LogP contribution < -0.4 is 5.32 Å². The number of imidazole rings is 1. The Bertz CT molecular complexity index is 1010. The summed E-state index contributed by atoms with van der Waals surface area (Å²) in [6, 6.07) is 25.8. The van der Waals surface area contributed by atoms with Crippen molar-refractivity contribution in [3.63, 3.8) is 0 Å². The van der Waals surface area contributed by atoms with Gasteiger partial charge in [0, 0.05) is 17.0 Å². The molecule has 2 N–H and O–H groups in total. The summed E-state index contributed by atoms with van der Waals surface area (Å²) < 4.78 is 0. The molecule has 27 heavy (non-hydrogen) atoms. The van der Waals surface area contributed by atoms with E-state index in [1.807, 2.05) is 78.9 Å². The Balaban J connectivity index is 1.33. The predicted molar refractivity (Wildman–Crippen MR) is 110 cm³/mol. The number of hydrogen-bond donors (Lipinski definition) is 2. The monoisotopic (exact) mass is 373 g/mol. The fraction of sp³-hybridized carbons (Fsp3) is 0.0909. The molecule has 0 aliphatic heterocycles. The van der Waals surface area contributed by atoms with Crippen molar-refractivity contribution in [3.8, 4) is 0 Å². The number of rotatable bonds is 6. The molecule has 0 bridgehead atoms. The number of anilines is 1. The number of aryl methyl sites for hydroxylation is 1. The van der Waals surface area contributed by atoms with Crippen molar-refractivity contribution in [3.05, 3.63) is 84.4 Å². The third-order valence-electron chi connectivity index (χ3n) is 4.20. The van der Waals surface area contributed by atoms with E-state index in [0.29, 0.717) is 6.42 Å². The summed E-state index contributed by atoms with van der Waals surface area (Å²) in [6.45, 7) is 0. The smallest absolute Gasteiger partial charge is 0.224 e. The number of aromatic nitrogens is 2. The molecule has 3 aromatic carbocycles. The first kappa shape index (κ1) is 17.4. The molecule has 4 rings (SSSR count). The van der Waals surface area contributed by atoms with E-state index in [2.05, 4.69) is 15.3 Å². The highest BCUT2D eigenvalue weighted by molar-refractivity contribution is 7.99. The molecule has 1 aromatic heterocycles. The van der Waals surface area contributed by atoms with Crippen molar-refractivity contribution in [2.75, 3.05) is 5.32 Å². The second-order valence-corrected chi connectivity index (χ2v) is 7.28. The minimum absolute atomic E-state index is 0.0246. The molecule has 5 heteroatoms. The molecule has 0 atom stereocenters. The SMILES string of the molecule is O=C(CCc1ccccc1)Nc1ccc(Sc2nc3ccccc3[nH]2)cc1. The predicted octanol–water partition coefficient (Wildman–Crippen LogP) is 5.29. The zero-order valence-corrected chi connectivity index (χ0v) is 15.5. The van der Waals surface area contributed by atoms with Gasteiger partial charge in [-0.25, -0.2) is 4.98 Å². The van der Waals surface area contributed by atoms with Gasteiger partial charge in [-0.05, 0) is 48.4 Å². The maximum Gasteiger partial charge on any atom is 0.224 e. The van der Waals surface area contributed by atoms with Crippen LogP contribution in [0.1, 0.15) is 12.0 Å². The first-order valence-electron chi connectivity index (χ1n) is 8.83. The number of hydrogen-bond acceptors (Lipinski definition) is 3. The van der Waals surface area contributed by atoms with Crippen LogP contribution >= 0.6 is 11.8 Å². The van der Waals surface area contributed by atoms with Crippen LogP contribution in [0, 0.1) is 0 Å². The van der Waals surface area contributed by atoms with Crippen LogP contribution in [0.15, 0.2) is 88.9 Å². The van der Waals surface area contributed by atoms with Gasteiger partial charge in [-0.2, -0.15) is 0 Å². The molecule has 0 unspecified atom stereocenters. The summed E-state index contributed by atoms with van der Waals surface area (Å²) in [6.07, 6.45) is 1.21. The summed E-state index contributed by atoms with van der Waals surface area (Å²) in [4.78, 5) is 21.1. The molecular weight excluding hydrogens is 354 g/mol. The number of nitrogens with zero attached hydrogens (tertiary/aromatic N) is 1. The number of aromatic amines is 1. The fourth-order valence-electron chi connectivity index (χ4n) is 2.82. The molecule has 0 aliphatic rings. The van der Waals surface area contributed by atoms with Gasteiger partial charge in [0.15, 0.2) is 5.16 Å². The lowest BCUT2D eigenvalue weighted by Gasteiger charge is -2.06. The van der Waals surface area contributed by atoms with Gasteiger partial charge in [0.2, 0.25) is 5.91 Å². The van der Waals surface area contributed by atoms with Gasteiger partial charge in [0.25, 0.3) is 0 Å². The van der Waals surface area contributed by atoms with E-state index in [1.165, 1.54) is 5.56 Å². The number of fused-ring (bicyclic) bond motifs is 1. The molecule has 1 amide bonds. The molecule has 0 saturated carbocycles. The lowest BCUT2D eigenvalue weighted by atomic mass is 10.1. The molecule has 1 heterocycles. The Morgan fingerprint density at radius 3 is 2.44 bits per heavy atom. The topological polar surface area (TPSA) is 57.8 Å². The van der Waals surface area contributed by atoms with Gasteiger partial charge < -0.3 is 10.3 Å². The average molecular weight is 373 g/mol. The number of amides is 1. The maximum absolute atomic E-state index is 12.1. The molecule has 4 aromatic rings. The fourth-order valence-corrected chi connectivity index (χ4v) is 3.62. The third kappa shape index (κ3) is 4.57. The van der Waals surface area contributed by atoms with Crippen molar-refractivity contribution >= 4 is 34.4 Å². The van der Waals surface area contributed by atoms with Crippen LogP contribution in [0.4, 0.5) is 5.69 Å². The Hall–Kier alpha value is -3.05. The molecule has 0 fully saturated rings. The molecule has 0 radical (unpaired) electrons. The summed E-state index contributed by atoms with van der Waals surface area (Å²) in [5, 5.41) is 3.81. The van der Waals surface area contributed by atoms with E-state index in [9.17, 15) is 4.79 Å². The normalized spacial score (nSPS) is 10.8. The van der Waals surface area contributed by atoms with Crippen molar-refractivity contribution in [1.82, 2.24) is 9.97 Å². The number of benzene rings is 3. The molecule has 4 nitrogen and oxygen atoms in total. The Morgan fingerprint density at radius 2 is 1.67 bits per heavy atom. The van der Waals surface area contributed by atoms with Crippen molar-refractivity contribution in [2.45, 2.75) is 22.9 Å². The standard InChI is InChI=1S/C22H19N3OS/c26-21(15-10-16-6-2-1-3-7-16)23-17-11-13-18(14-12-17)27-22-24-19-8-4-5-9-20(19)25-22/h1-9,11-14H,10,15H2,(H,23,26)(H,24,25). The lowest BCUT2D eigenvalue weighted by Crippen LogP contribution is -2.12. The van der Waals surface area contributed by atoms with Crippen LogP contribution in [0.3, 0.4) is 0 Å². The van der Waals surface area contributed by atoms with Gasteiger partial charge >= 0.3 is 0 Å². The van der Waals surface area contributed by atoms with Gasteiger partial charge in [0.1, 0.15) is 0 Å². The van der Waals surface area contributed by atoms with Crippen molar-refractivity contribution in [1.29, 1.82) is 0 Å². The van der Waals surface area contributed by atoms with E-state index in [1.54, 1.807) is 11.8 Å². The van der Waals surface area contributed by atoms with E-state index in [0.717, 1.165) is 33.2 Å². The Kier molecular flexibility index (Phi) is 5.21. The first-order valence-corrected chi connectivity index (χ1v) is 9.64. The maximum atomic E-state index is 12.1. The highest BCUT2D eigenvalue weighted by Crippen LogP contribution is 2.28. The molecular formula is C22H19N3OS. The quantitative estimate of drug-likeness (QED) is 0.483. The number of H-pyrrole nitrogens is 1. The highest BCUT2D eigenvalue weighted by atomic mass is 32.2. The van der Waals surface area contributed by atoms with Crippen molar-refractivity contribution < 1.29 is 4.79 Å². The number of para-hydroxylation sites is 2. The number of nitrogens with one attached hydrogen (secondary N) is 2. The first-order chi connectivity index (χ1) is 13.3. The summed E-state index contributed by atoms with van der Waals surface area (Å²) >= 11 is 1.57. The van der Waals surface area contributed by atoms with E-state index < -0.39 is 0 Å². The van der Waals surface area contributed by atoms with Crippen molar-refractivity contribution in [2.24, 2.45) is 0 Å². The lowest BCUT2D eigenvalue weighted by molar-refractivity contribution is -0.116. The average Bonchev–Trinajstić information content (AvgIpc) is 3.11. The summed E-state index contributed by atoms with van der Waals surface area (Å²) in [5.74, 6) is 0.0246. The van der Waals surface area contributed by atoms with Gasteiger partial charge in [0.05, 0.1) is 11.0 Å². The van der Waals surface area contributed by atoms with Crippen LogP contribution in [-0.2, 0) is 11.2 Å². The van der Waals surface area contributed by atoms with Gasteiger partial charge in [-0.3, -0.25) is 4.79 Å². The second kappa shape index (κ2) is 8.10. The minimum Gasteiger partial charge on any atom is -0.333 e. The third-order valence-corrected chi connectivity index (χ3v) is 5.10. The van der Waals surface area contributed by atoms with Crippen LogP contribution in [0.5, 0.6) is 0 Å². The summed E-state index contributed by atoms with van der Waals surface area (Å²) in [5.41, 5.74) is 3.97. The second-order valence-electron chi connectivity index (χ2n) is 6.22. The summed E-state index contributed by atoms with van der Waals surface area (Å²) in [7, 11) is 0. The van der Waals surface area contributed by atoms with Crippen LogP contribution in [0.25, 0.3) is 11.0 Å². The minimum atomic E-state index is 0.0246. The number of carbonyl (C=O) groups excluding carboxylic acids is 1. The van der Waals surface area contributed by atoms with E-state index >= 15 is 0 Å². The highest BCUT2D eigenvalue weighted by Gasteiger charge is 2.06. The zero-order valence-electron chi connectivity index (χ0n) is 14.7. The van der Waals surface area contributed by atoms with Gasteiger partial charge in [-0.1, -0.05) is 54.2 Å². The Labute approximate surface area is 162 Å². The van der Waals surface area contributed by atoms with Crippen LogP contribution in [-0.4, -0.2) is 15.9 Å².